The Morgan fingerprint density at radius 1 is 1.04 bits per heavy atom. The van der Waals surface area contributed by atoms with Crippen molar-refractivity contribution in [2.75, 3.05) is 31.5 Å². The highest BCUT2D eigenvalue weighted by molar-refractivity contribution is 5.92. The number of carbonyl (C=O) groups excluding carboxylic acids is 2. The maximum absolute atomic E-state index is 13.2. The summed E-state index contributed by atoms with van der Waals surface area (Å²) < 4.78 is 26.1. The van der Waals surface area contributed by atoms with Crippen LogP contribution in [0, 0.1) is 11.6 Å². The lowest BCUT2D eigenvalue weighted by Crippen LogP contribution is -2.48. The van der Waals surface area contributed by atoms with Crippen molar-refractivity contribution in [2.24, 2.45) is 0 Å². The quantitative estimate of drug-likeness (QED) is 0.846. The summed E-state index contributed by atoms with van der Waals surface area (Å²) in [6, 6.07) is 6.41. The zero-order valence-electron chi connectivity index (χ0n) is 13.2. The van der Waals surface area contributed by atoms with Gasteiger partial charge in [-0.25, -0.2) is 8.78 Å². The Labute approximate surface area is 142 Å². The molecule has 7 nitrogen and oxygen atoms in total. The Morgan fingerprint density at radius 3 is 2.40 bits per heavy atom. The molecule has 0 atom stereocenters. The third kappa shape index (κ3) is 3.87. The van der Waals surface area contributed by atoms with Gasteiger partial charge in [0.15, 0.2) is 23.1 Å². The predicted octanol–water partition coefficient (Wildman–Crippen LogP) is 1.41. The van der Waals surface area contributed by atoms with E-state index >= 15 is 0 Å². The highest BCUT2D eigenvalue weighted by Gasteiger charge is 2.22. The Morgan fingerprint density at radius 2 is 1.80 bits per heavy atom. The van der Waals surface area contributed by atoms with E-state index in [-0.39, 0.29) is 11.6 Å². The van der Waals surface area contributed by atoms with E-state index in [4.69, 9.17) is 0 Å². The minimum absolute atomic E-state index is 0.176. The molecule has 0 unspecified atom stereocenters. The van der Waals surface area contributed by atoms with Gasteiger partial charge >= 0.3 is 0 Å². The number of rotatable bonds is 4. The second-order valence-corrected chi connectivity index (χ2v) is 5.49. The molecule has 1 aliphatic heterocycles. The van der Waals surface area contributed by atoms with Crippen molar-refractivity contribution in [1.29, 1.82) is 0 Å². The summed E-state index contributed by atoms with van der Waals surface area (Å²) in [6.45, 7) is 1.85. The van der Waals surface area contributed by atoms with Crippen LogP contribution in [0.2, 0.25) is 0 Å². The molecule has 0 aliphatic carbocycles. The van der Waals surface area contributed by atoms with Gasteiger partial charge in [-0.15, -0.1) is 10.2 Å². The lowest BCUT2D eigenvalue weighted by Gasteiger charge is -2.32. The van der Waals surface area contributed by atoms with Gasteiger partial charge in [0.1, 0.15) is 0 Å². The van der Waals surface area contributed by atoms with E-state index in [0.29, 0.717) is 37.7 Å². The number of anilines is 2. The normalized spacial score (nSPS) is 14.3. The predicted molar refractivity (Wildman–Crippen MR) is 85.2 cm³/mol. The second kappa shape index (κ2) is 7.20. The maximum Gasteiger partial charge on any atom is 0.274 e. The molecule has 0 spiro atoms. The Balaban J connectivity index is 1.64. The Hall–Kier alpha value is -3.10. The number of nitrogens with zero attached hydrogens (tertiary/aromatic N) is 4. The molecule has 3 rings (SSSR count). The SMILES string of the molecule is O=CN1CCN(C(=O)c2ccc(Nc3ccc(F)c(F)c3)nn2)CC1. The summed E-state index contributed by atoms with van der Waals surface area (Å²) in [6.07, 6.45) is 0.764. The van der Waals surface area contributed by atoms with Crippen LogP contribution in [0.1, 0.15) is 10.5 Å². The molecule has 1 aliphatic rings. The molecule has 9 heteroatoms. The largest absolute Gasteiger partial charge is 0.342 e. The molecule has 2 amide bonds. The van der Waals surface area contributed by atoms with Crippen LogP contribution < -0.4 is 5.32 Å². The van der Waals surface area contributed by atoms with Crippen LogP contribution in [0.15, 0.2) is 30.3 Å². The van der Waals surface area contributed by atoms with E-state index in [1.807, 2.05) is 0 Å². The monoisotopic (exact) mass is 347 g/mol. The molecule has 1 aromatic heterocycles. The van der Waals surface area contributed by atoms with Crippen LogP contribution >= 0.6 is 0 Å². The lowest BCUT2D eigenvalue weighted by atomic mass is 10.2. The molecule has 1 fully saturated rings. The highest BCUT2D eigenvalue weighted by Crippen LogP contribution is 2.17. The van der Waals surface area contributed by atoms with E-state index in [2.05, 4.69) is 15.5 Å². The van der Waals surface area contributed by atoms with Crippen molar-refractivity contribution in [3.63, 3.8) is 0 Å². The molecular formula is C16H15F2N5O2. The molecular weight excluding hydrogens is 332 g/mol. The van der Waals surface area contributed by atoms with Crippen molar-refractivity contribution in [3.05, 3.63) is 47.7 Å². The van der Waals surface area contributed by atoms with Crippen LogP contribution in [0.4, 0.5) is 20.3 Å². The number of aromatic nitrogens is 2. The average Bonchev–Trinajstić information content (AvgIpc) is 2.65. The van der Waals surface area contributed by atoms with Crippen molar-refractivity contribution in [2.45, 2.75) is 0 Å². The smallest absolute Gasteiger partial charge is 0.274 e. The number of nitrogens with one attached hydrogen (secondary N) is 1. The van der Waals surface area contributed by atoms with Gasteiger partial charge in [0.25, 0.3) is 5.91 Å². The number of amides is 2. The van der Waals surface area contributed by atoms with Crippen molar-refractivity contribution in [3.8, 4) is 0 Å². The molecule has 0 bridgehead atoms. The van der Waals surface area contributed by atoms with Gasteiger partial charge < -0.3 is 15.1 Å². The van der Waals surface area contributed by atoms with Crippen molar-refractivity contribution in [1.82, 2.24) is 20.0 Å². The lowest BCUT2D eigenvalue weighted by molar-refractivity contribution is -0.119. The highest BCUT2D eigenvalue weighted by atomic mass is 19.2. The van der Waals surface area contributed by atoms with Gasteiger partial charge in [-0.2, -0.15) is 0 Å². The zero-order chi connectivity index (χ0) is 17.8. The minimum atomic E-state index is -0.973. The van der Waals surface area contributed by atoms with Gasteiger partial charge in [-0.3, -0.25) is 9.59 Å². The zero-order valence-corrected chi connectivity index (χ0v) is 13.2. The second-order valence-electron chi connectivity index (χ2n) is 5.49. The van der Waals surface area contributed by atoms with Gasteiger partial charge in [-0.1, -0.05) is 0 Å². The van der Waals surface area contributed by atoms with Crippen LogP contribution in [-0.4, -0.2) is 58.5 Å². The molecule has 2 heterocycles. The van der Waals surface area contributed by atoms with Crippen LogP contribution in [0.5, 0.6) is 0 Å². The van der Waals surface area contributed by atoms with E-state index < -0.39 is 11.6 Å². The van der Waals surface area contributed by atoms with Crippen molar-refractivity contribution >= 4 is 23.8 Å². The number of carbonyl (C=O) groups is 2. The molecule has 1 saturated heterocycles. The minimum Gasteiger partial charge on any atom is -0.342 e. The molecule has 130 valence electrons. The maximum atomic E-state index is 13.2. The molecule has 0 radical (unpaired) electrons. The van der Waals surface area contributed by atoms with Crippen LogP contribution in [-0.2, 0) is 4.79 Å². The number of hydrogen-bond acceptors (Lipinski definition) is 5. The van der Waals surface area contributed by atoms with Gasteiger partial charge in [0.05, 0.1) is 0 Å². The third-order valence-corrected chi connectivity index (χ3v) is 3.83. The standard InChI is InChI=1S/C16H15F2N5O2/c17-12-2-1-11(9-13(12)18)19-15-4-3-14(20-21-15)16(25)23-7-5-22(10-24)6-8-23/h1-4,9-10H,5-8H2,(H,19,21). The molecule has 1 aromatic carbocycles. The summed E-state index contributed by atoms with van der Waals surface area (Å²) in [4.78, 5) is 26.2. The first-order valence-corrected chi connectivity index (χ1v) is 7.61. The van der Waals surface area contributed by atoms with Gasteiger partial charge in [0.2, 0.25) is 6.41 Å². The fourth-order valence-corrected chi connectivity index (χ4v) is 2.43. The summed E-state index contributed by atoms with van der Waals surface area (Å²) in [7, 11) is 0. The van der Waals surface area contributed by atoms with Gasteiger partial charge in [0, 0.05) is 37.9 Å². The van der Waals surface area contributed by atoms with Crippen LogP contribution in [0.3, 0.4) is 0 Å². The summed E-state index contributed by atoms with van der Waals surface area (Å²) in [5.41, 5.74) is 0.493. The number of hydrogen-bond donors (Lipinski definition) is 1. The fourth-order valence-electron chi connectivity index (χ4n) is 2.43. The van der Waals surface area contributed by atoms with Gasteiger partial charge in [-0.05, 0) is 24.3 Å². The van der Waals surface area contributed by atoms with E-state index in [1.165, 1.54) is 18.2 Å². The van der Waals surface area contributed by atoms with E-state index in [1.54, 1.807) is 9.80 Å². The summed E-state index contributed by atoms with van der Waals surface area (Å²) >= 11 is 0. The summed E-state index contributed by atoms with van der Waals surface area (Å²) in [5.74, 6) is -1.88. The van der Waals surface area contributed by atoms with E-state index in [9.17, 15) is 18.4 Å². The van der Waals surface area contributed by atoms with Crippen LogP contribution in [0.25, 0.3) is 0 Å². The fraction of sp³-hybridized carbons (Fsp3) is 0.250. The Kier molecular flexibility index (Phi) is 4.82. The number of piperazine rings is 1. The molecule has 25 heavy (non-hydrogen) atoms. The number of benzene rings is 1. The summed E-state index contributed by atoms with van der Waals surface area (Å²) in [5, 5.41) is 10.5. The number of halogens is 2. The Bertz CT molecular complexity index is 777. The topological polar surface area (TPSA) is 78.4 Å². The molecule has 2 aromatic rings. The van der Waals surface area contributed by atoms with Crippen molar-refractivity contribution < 1.29 is 18.4 Å². The third-order valence-electron chi connectivity index (χ3n) is 3.83. The first kappa shape index (κ1) is 16.7. The van der Waals surface area contributed by atoms with E-state index in [0.717, 1.165) is 18.5 Å². The first-order chi connectivity index (χ1) is 12.1. The average molecular weight is 347 g/mol. The molecule has 1 N–H and O–H groups in total. The first-order valence-electron chi connectivity index (χ1n) is 7.61. The molecule has 0 saturated carbocycles.